The zero-order chi connectivity index (χ0) is 14.5. The summed E-state index contributed by atoms with van der Waals surface area (Å²) in [4.78, 5) is 7.89. The van der Waals surface area contributed by atoms with Gasteiger partial charge in [0.15, 0.2) is 0 Å². The minimum atomic E-state index is -1.000. The Morgan fingerprint density at radius 2 is 2.00 bits per heavy atom. The third-order valence-electron chi connectivity index (χ3n) is 2.88. The first-order valence-corrected chi connectivity index (χ1v) is 6.00. The number of hydrogen-bond donors (Lipinski definition) is 1. The lowest BCUT2D eigenvalue weighted by Crippen LogP contribution is -2.06. The van der Waals surface area contributed by atoms with Crippen molar-refractivity contribution >= 4 is 0 Å². The van der Waals surface area contributed by atoms with Crippen LogP contribution in [0, 0.1) is 5.82 Å². The third kappa shape index (κ3) is 3.21. The minimum absolute atomic E-state index is 0.169. The van der Waals surface area contributed by atoms with Crippen molar-refractivity contribution in [2.24, 2.45) is 0 Å². The molecule has 0 aliphatic rings. The number of ether oxygens (including phenoxy) is 2. The van der Waals surface area contributed by atoms with Gasteiger partial charge in [-0.1, -0.05) is 0 Å². The van der Waals surface area contributed by atoms with E-state index in [0.717, 1.165) is 0 Å². The predicted molar refractivity (Wildman–Crippen MR) is 70.2 cm³/mol. The highest BCUT2D eigenvalue weighted by Gasteiger charge is 2.15. The summed E-state index contributed by atoms with van der Waals surface area (Å²) in [5.74, 6) is 0.289. The Morgan fingerprint density at radius 3 is 2.65 bits per heavy atom. The van der Waals surface area contributed by atoms with Crippen LogP contribution >= 0.6 is 0 Å². The molecule has 20 heavy (non-hydrogen) atoms. The van der Waals surface area contributed by atoms with Gasteiger partial charge in [-0.15, -0.1) is 0 Å². The lowest BCUT2D eigenvalue weighted by Gasteiger charge is -2.12. The monoisotopic (exact) mass is 278 g/mol. The Hall–Kier alpha value is -2.21. The third-order valence-corrected chi connectivity index (χ3v) is 2.88. The molecule has 0 saturated carbocycles. The predicted octanol–water partition coefficient (Wildman–Crippen LogP) is 1.91. The van der Waals surface area contributed by atoms with Crippen molar-refractivity contribution in [2.45, 2.75) is 12.5 Å². The largest absolute Gasteiger partial charge is 0.497 e. The van der Waals surface area contributed by atoms with Crippen molar-refractivity contribution in [1.82, 2.24) is 9.97 Å². The first kappa shape index (κ1) is 14.2. The molecule has 1 unspecified atom stereocenters. The maximum atomic E-state index is 13.8. The number of halogens is 1. The van der Waals surface area contributed by atoms with E-state index in [2.05, 4.69) is 9.97 Å². The van der Waals surface area contributed by atoms with E-state index in [4.69, 9.17) is 9.47 Å². The van der Waals surface area contributed by atoms with Crippen molar-refractivity contribution in [2.75, 3.05) is 14.2 Å². The summed E-state index contributed by atoms with van der Waals surface area (Å²) in [6, 6.07) is 5.93. The molecule has 0 spiro atoms. The number of aromatic nitrogens is 2. The van der Waals surface area contributed by atoms with Crippen LogP contribution in [-0.2, 0) is 6.42 Å². The standard InChI is InChI=1S/C14H15FN2O3/c1-19-10-3-4-11(12(15)7-10)13(18)5-9-6-14(20-2)17-8-16-9/h3-4,6-8,13,18H,5H2,1-2H3. The van der Waals surface area contributed by atoms with Gasteiger partial charge in [-0.2, -0.15) is 0 Å². The van der Waals surface area contributed by atoms with Crippen molar-refractivity contribution in [1.29, 1.82) is 0 Å². The van der Waals surface area contributed by atoms with E-state index < -0.39 is 11.9 Å². The van der Waals surface area contributed by atoms with Crippen LogP contribution in [0.15, 0.2) is 30.6 Å². The molecule has 1 aromatic carbocycles. The molecule has 0 fully saturated rings. The number of aliphatic hydroxyl groups excluding tert-OH is 1. The molecule has 2 rings (SSSR count). The van der Waals surface area contributed by atoms with Gasteiger partial charge in [-0.05, 0) is 12.1 Å². The Kier molecular flexibility index (Phi) is 4.47. The highest BCUT2D eigenvalue weighted by atomic mass is 19.1. The first-order valence-electron chi connectivity index (χ1n) is 6.00. The quantitative estimate of drug-likeness (QED) is 0.905. The molecular formula is C14H15FN2O3. The molecule has 2 aromatic rings. The molecule has 1 atom stereocenters. The second-order valence-corrected chi connectivity index (χ2v) is 4.16. The van der Waals surface area contributed by atoms with Crippen molar-refractivity contribution < 1.29 is 19.0 Å². The normalized spacial score (nSPS) is 12.0. The molecule has 0 saturated heterocycles. The first-order chi connectivity index (χ1) is 9.63. The topological polar surface area (TPSA) is 64.5 Å². The minimum Gasteiger partial charge on any atom is -0.497 e. The summed E-state index contributed by atoms with van der Waals surface area (Å²) in [5, 5.41) is 10.1. The Labute approximate surface area is 116 Å². The molecule has 5 nitrogen and oxygen atoms in total. The summed E-state index contributed by atoms with van der Waals surface area (Å²) in [7, 11) is 2.95. The van der Waals surface area contributed by atoms with Crippen LogP contribution in [0.1, 0.15) is 17.4 Å². The molecule has 1 aromatic heterocycles. The van der Waals surface area contributed by atoms with Gasteiger partial charge in [0.25, 0.3) is 0 Å². The lowest BCUT2D eigenvalue weighted by molar-refractivity contribution is 0.172. The molecular weight excluding hydrogens is 263 g/mol. The van der Waals surface area contributed by atoms with Crippen LogP contribution in [0.25, 0.3) is 0 Å². The Morgan fingerprint density at radius 1 is 1.20 bits per heavy atom. The number of benzene rings is 1. The number of aliphatic hydroxyl groups is 1. The molecule has 0 radical (unpaired) electrons. The van der Waals surface area contributed by atoms with E-state index in [-0.39, 0.29) is 12.0 Å². The second kappa shape index (κ2) is 6.29. The van der Waals surface area contributed by atoms with Gasteiger partial charge < -0.3 is 14.6 Å². The Balaban J connectivity index is 2.16. The van der Waals surface area contributed by atoms with Gasteiger partial charge in [0, 0.05) is 24.1 Å². The van der Waals surface area contributed by atoms with E-state index in [9.17, 15) is 9.50 Å². The fourth-order valence-corrected chi connectivity index (χ4v) is 1.81. The lowest BCUT2D eigenvalue weighted by atomic mass is 10.0. The maximum Gasteiger partial charge on any atom is 0.216 e. The van der Waals surface area contributed by atoms with Gasteiger partial charge >= 0.3 is 0 Å². The van der Waals surface area contributed by atoms with E-state index in [0.29, 0.717) is 17.3 Å². The smallest absolute Gasteiger partial charge is 0.216 e. The van der Waals surface area contributed by atoms with Crippen LogP contribution in [0.3, 0.4) is 0 Å². The van der Waals surface area contributed by atoms with Crippen molar-refractivity contribution in [3.05, 3.63) is 47.7 Å². The zero-order valence-corrected chi connectivity index (χ0v) is 11.2. The zero-order valence-electron chi connectivity index (χ0n) is 11.2. The molecule has 0 aliphatic heterocycles. The molecule has 0 bridgehead atoms. The summed E-state index contributed by atoms with van der Waals surface area (Å²) in [6.07, 6.45) is 0.508. The van der Waals surface area contributed by atoms with Crippen molar-refractivity contribution in [3.8, 4) is 11.6 Å². The molecule has 1 heterocycles. The number of methoxy groups -OCH3 is 2. The average Bonchev–Trinajstić information content (AvgIpc) is 2.47. The van der Waals surface area contributed by atoms with Crippen LogP contribution in [0.4, 0.5) is 4.39 Å². The van der Waals surface area contributed by atoms with Gasteiger partial charge in [0.05, 0.1) is 26.0 Å². The fourth-order valence-electron chi connectivity index (χ4n) is 1.81. The van der Waals surface area contributed by atoms with Crippen LogP contribution in [0.5, 0.6) is 11.6 Å². The van der Waals surface area contributed by atoms with Gasteiger partial charge in [0.2, 0.25) is 5.88 Å². The van der Waals surface area contributed by atoms with E-state index in [1.54, 1.807) is 12.1 Å². The Bertz CT molecular complexity index is 592. The van der Waals surface area contributed by atoms with E-state index >= 15 is 0 Å². The summed E-state index contributed by atoms with van der Waals surface area (Å²) in [5.41, 5.74) is 0.767. The van der Waals surface area contributed by atoms with Crippen molar-refractivity contribution in [3.63, 3.8) is 0 Å². The summed E-state index contributed by atoms with van der Waals surface area (Å²) in [6.45, 7) is 0. The molecule has 1 N–H and O–H groups in total. The van der Waals surface area contributed by atoms with E-state index in [1.807, 2.05) is 0 Å². The highest BCUT2D eigenvalue weighted by molar-refractivity contribution is 5.31. The van der Waals surface area contributed by atoms with Gasteiger partial charge in [0.1, 0.15) is 17.9 Å². The van der Waals surface area contributed by atoms with Gasteiger partial charge in [-0.3, -0.25) is 0 Å². The SMILES string of the molecule is COc1ccc(C(O)Cc2cc(OC)ncn2)c(F)c1. The number of hydrogen-bond acceptors (Lipinski definition) is 5. The molecule has 6 heteroatoms. The van der Waals surface area contributed by atoms with E-state index in [1.165, 1.54) is 32.7 Å². The fraction of sp³-hybridized carbons (Fsp3) is 0.286. The maximum absolute atomic E-state index is 13.8. The van der Waals surface area contributed by atoms with Crippen LogP contribution in [-0.4, -0.2) is 29.3 Å². The number of nitrogens with zero attached hydrogens (tertiary/aromatic N) is 2. The summed E-state index contributed by atoms with van der Waals surface area (Å²) < 4.78 is 23.7. The summed E-state index contributed by atoms with van der Waals surface area (Å²) >= 11 is 0. The number of rotatable bonds is 5. The molecule has 0 aliphatic carbocycles. The highest BCUT2D eigenvalue weighted by Crippen LogP contribution is 2.24. The molecule has 0 amide bonds. The van der Waals surface area contributed by atoms with Crippen LogP contribution < -0.4 is 9.47 Å². The second-order valence-electron chi connectivity index (χ2n) is 4.16. The van der Waals surface area contributed by atoms with Crippen LogP contribution in [0.2, 0.25) is 0 Å². The average molecular weight is 278 g/mol. The molecule has 106 valence electrons. The van der Waals surface area contributed by atoms with Gasteiger partial charge in [-0.25, -0.2) is 14.4 Å².